The lowest BCUT2D eigenvalue weighted by atomic mass is 10.1. The minimum Gasteiger partial charge on any atom is -0.480 e. The van der Waals surface area contributed by atoms with E-state index in [9.17, 15) is 28.3 Å². The van der Waals surface area contributed by atoms with E-state index in [-0.39, 0.29) is 24.3 Å². The first-order valence-electron chi connectivity index (χ1n) is 8.84. The van der Waals surface area contributed by atoms with Crippen LogP contribution in [0.2, 0.25) is 0 Å². The highest BCUT2D eigenvalue weighted by Crippen LogP contribution is 2.26. The van der Waals surface area contributed by atoms with E-state index < -0.39 is 36.5 Å². The number of alkyl halides is 2. The second-order valence-corrected chi connectivity index (χ2v) is 6.30. The second-order valence-electron chi connectivity index (χ2n) is 6.30. The van der Waals surface area contributed by atoms with Crippen molar-refractivity contribution in [3.63, 3.8) is 0 Å². The molecule has 0 aromatic heterocycles. The van der Waals surface area contributed by atoms with Crippen LogP contribution in [0.1, 0.15) is 36.0 Å². The van der Waals surface area contributed by atoms with Crippen LogP contribution in [0.25, 0.3) is 0 Å². The molecule has 2 unspecified atom stereocenters. The average Bonchev–Trinajstić information content (AvgIpc) is 3.14. The number of allylic oxidation sites excluding steroid dienone is 1. The van der Waals surface area contributed by atoms with Crippen molar-refractivity contribution in [1.29, 1.82) is 0 Å². The van der Waals surface area contributed by atoms with Crippen molar-refractivity contribution in [3.8, 4) is 5.75 Å². The zero-order valence-electron chi connectivity index (χ0n) is 15.1. The number of para-hydroxylation sites is 1. The number of amides is 2. The summed E-state index contributed by atoms with van der Waals surface area (Å²) in [6.45, 7) is 0.687. The van der Waals surface area contributed by atoms with E-state index in [0.717, 1.165) is 0 Å². The first kappa shape index (κ1) is 21.3. The molecule has 1 fully saturated rings. The third kappa shape index (κ3) is 5.28. The third-order valence-electron chi connectivity index (χ3n) is 4.42. The molecule has 0 aliphatic carbocycles. The maximum Gasteiger partial charge on any atom is 0.387 e. The summed E-state index contributed by atoms with van der Waals surface area (Å²) in [6, 6.07) is 3.58. The number of hydrogen-bond acceptors (Lipinski definition) is 4. The van der Waals surface area contributed by atoms with Crippen molar-refractivity contribution < 1.29 is 33.0 Å². The van der Waals surface area contributed by atoms with Gasteiger partial charge >= 0.3 is 12.6 Å². The van der Waals surface area contributed by atoms with Crippen molar-refractivity contribution in [1.82, 2.24) is 10.2 Å². The highest BCUT2D eigenvalue weighted by atomic mass is 19.3. The van der Waals surface area contributed by atoms with Gasteiger partial charge in [-0.1, -0.05) is 18.2 Å². The quantitative estimate of drug-likeness (QED) is 0.625. The summed E-state index contributed by atoms with van der Waals surface area (Å²) in [7, 11) is 0. The molecule has 1 aromatic rings. The topological polar surface area (TPSA) is 95.9 Å². The summed E-state index contributed by atoms with van der Waals surface area (Å²) in [4.78, 5) is 38.0. The molecule has 2 atom stereocenters. The summed E-state index contributed by atoms with van der Waals surface area (Å²) < 4.78 is 29.6. The van der Waals surface area contributed by atoms with E-state index in [1.165, 1.54) is 29.2 Å². The summed E-state index contributed by atoms with van der Waals surface area (Å²) in [5, 5.41) is 11.7. The zero-order valence-corrected chi connectivity index (χ0v) is 15.1. The number of ether oxygens (including phenoxy) is 1. The molecule has 2 N–H and O–H groups in total. The van der Waals surface area contributed by atoms with Crippen LogP contribution in [0.3, 0.4) is 0 Å². The normalized spacial score (nSPS) is 17.2. The van der Waals surface area contributed by atoms with E-state index in [4.69, 9.17) is 0 Å². The van der Waals surface area contributed by atoms with Crippen LogP contribution in [-0.2, 0) is 9.59 Å². The number of carboxylic acids is 1. The summed E-state index contributed by atoms with van der Waals surface area (Å²) in [5.41, 5.74) is -0.0797. The molecule has 2 amide bonds. The molecule has 1 saturated heterocycles. The molecule has 0 radical (unpaired) electrons. The van der Waals surface area contributed by atoms with E-state index in [1.54, 1.807) is 6.08 Å². The lowest BCUT2D eigenvalue weighted by Crippen LogP contribution is -2.50. The van der Waals surface area contributed by atoms with Gasteiger partial charge in [-0.25, -0.2) is 4.79 Å². The fourth-order valence-electron chi connectivity index (χ4n) is 3.09. The van der Waals surface area contributed by atoms with Crippen LogP contribution < -0.4 is 10.1 Å². The Morgan fingerprint density at radius 1 is 1.36 bits per heavy atom. The first-order valence-corrected chi connectivity index (χ1v) is 8.84. The van der Waals surface area contributed by atoms with E-state index in [2.05, 4.69) is 16.6 Å². The summed E-state index contributed by atoms with van der Waals surface area (Å²) >= 11 is 0. The number of rotatable bonds is 9. The monoisotopic (exact) mass is 396 g/mol. The number of hydrogen-bond donors (Lipinski definition) is 2. The van der Waals surface area contributed by atoms with Gasteiger partial charge in [-0.2, -0.15) is 8.78 Å². The van der Waals surface area contributed by atoms with Crippen molar-refractivity contribution >= 4 is 17.8 Å². The number of aliphatic carboxylic acids is 1. The number of halogens is 2. The highest BCUT2D eigenvalue weighted by Gasteiger charge is 2.37. The zero-order chi connectivity index (χ0) is 20.7. The molecule has 2 rings (SSSR count). The average molecular weight is 396 g/mol. The molecule has 28 heavy (non-hydrogen) atoms. The van der Waals surface area contributed by atoms with E-state index in [0.29, 0.717) is 19.3 Å². The van der Waals surface area contributed by atoms with Crippen molar-refractivity contribution in [2.45, 2.75) is 44.4 Å². The van der Waals surface area contributed by atoms with Gasteiger partial charge in [0.15, 0.2) is 0 Å². The van der Waals surface area contributed by atoms with Crippen molar-refractivity contribution in [2.75, 3.05) is 6.54 Å². The van der Waals surface area contributed by atoms with Gasteiger partial charge in [-0.15, -0.1) is 6.58 Å². The minimum atomic E-state index is -3.09. The van der Waals surface area contributed by atoms with E-state index in [1.807, 2.05) is 0 Å². The standard InChI is InChI=1S/C19H22F2N2O5/c1-2-3-8-13(18(26)27)22-16(24)14-9-6-11-23(14)17(25)12-7-4-5-10-15(12)28-19(20)21/h2,4-5,7,10,13-14,19H,1,3,6,8-9,11H2,(H,22,24)(H,26,27). The van der Waals surface area contributed by atoms with Crippen LogP contribution in [0, 0.1) is 0 Å². The number of carboxylic acid groups (broad SMARTS) is 1. The van der Waals surface area contributed by atoms with Crippen LogP contribution in [0.15, 0.2) is 36.9 Å². The number of nitrogens with zero attached hydrogens (tertiary/aromatic N) is 1. The van der Waals surface area contributed by atoms with Gasteiger partial charge < -0.3 is 20.1 Å². The maximum absolute atomic E-state index is 12.8. The first-order chi connectivity index (χ1) is 13.3. The fourth-order valence-corrected chi connectivity index (χ4v) is 3.09. The largest absolute Gasteiger partial charge is 0.480 e. The third-order valence-corrected chi connectivity index (χ3v) is 4.42. The molecule has 9 heteroatoms. The Balaban J connectivity index is 2.15. The van der Waals surface area contributed by atoms with Gasteiger partial charge in [0, 0.05) is 6.54 Å². The molecular formula is C19H22F2N2O5. The predicted octanol–water partition coefficient (Wildman–Crippen LogP) is 2.43. The molecule has 1 aliphatic rings. The van der Waals surface area contributed by atoms with Crippen molar-refractivity contribution in [3.05, 3.63) is 42.5 Å². The van der Waals surface area contributed by atoms with Gasteiger partial charge in [0.05, 0.1) is 5.56 Å². The van der Waals surface area contributed by atoms with Crippen LogP contribution in [-0.4, -0.2) is 53.0 Å². The Hall–Kier alpha value is -2.97. The van der Waals surface area contributed by atoms with Gasteiger partial charge in [0.25, 0.3) is 5.91 Å². The summed E-state index contributed by atoms with van der Waals surface area (Å²) in [6.07, 6.45) is 3.02. The Kier molecular flexibility index (Phi) is 7.48. The predicted molar refractivity (Wildman–Crippen MR) is 96.1 cm³/mol. The Labute approximate surface area is 161 Å². The lowest BCUT2D eigenvalue weighted by Gasteiger charge is -2.26. The fraction of sp³-hybridized carbons (Fsp3) is 0.421. The molecule has 0 saturated carbocycles. The molecule has 1 aliphatic heterocycles. The molecule has 0 spiro atoms. The number of likely N-dealkylation sites (tertiary alicyclic amines) is 1. The Bertz CT molecular complexity index is 741. The van der Waals surface area contributed by atoms with Crippen LogP contribution in [0.4, 0.5) is 8.78 Å². The van der Waals surface area contributed by atoms with Crippen LogP contribution >= 0.6 is 0 Å². The van der Waals surface area contributed by atoms with Gasteiger partial charge in [-0.05, 0) is 37.8 Å². The Morgan fingerprint density at radius 2 is 2.07 bits per heavy atom. The van der Waals surface area contributed by atoms with Gasteiger partial charge in [0.1, 0.15) is 17.8 Å². The molecular weight excluding hydrogens is 374 g/mol. The second kappa shape index (κ2) is 9.82. The lowest BCUT2D eigenvalue weighted by molar-refractivity contribution is -0.142. The number of carbonyl (C=O) groups is 3. The highest BCUT2D eigenvalue weighted by molar-refractivity contribution is 6.00. The van der Waals surface area contributed by atoms with Gasteiger partial charge in [-0.3, -0.25) is 9.59 Å². The molecule has 152 valence electrons. The summed E-state index contributed by atoms with van der Waals surface area (Å²) in [5.74, 6) is -2.66. The molecule has 1 aromatic carbocycles. The number of nitrogens with one attached hydrogen (secondary N) is 1. The molecule has 1 heterocycles. The van der Waals surface area contributed by atoms with Crippen LogP contribution in [0.5, 0.6) is 5.75 Å². The van der Waals surface area contributed by atoms with E-state index >= 15 is 0 Å². The number of carbonyl (C=O) groups excluding carboxylic acids is 2. The SMILES string of the molecule is C=CCCC(NC(=O)C1CCCN1C(=O)c1ccccc1OC(F)F)C(=O)O. The Morgan fingerprint density at radius 3 is 2.71 bits per heavy atom. The number of benzene rings is 1. The molecule has 0 bridgehead atoms. The van der Waals surface area contributed by atoms with Crippen molar-refractivity contribution in [2.24, 2.45) is 0 Å². The smallest absolute Gasteiger partial charge is 0.387 e. The maximum atomic E-state index is 12.8. The molecule has 7 nitrogen and oxygen atoms in total. The minimum absolute atomic E-state index is 0.0797. The van der Waals surface area contributed by atoms with Gasteiger partial charge in [0.2, 0.25) is 5.91 Å².